The predicted molar refractivity (Wildman–Crippen MR) is 94.3 cm³/mol. The zero-order chi connectivity index (χ0) is 18.4. The van der Waals surface area contributed by atoms with E-state index in [-0.39, 0.29) is 5.91 Å². The summed E-state index contributed by atoms with van der Waals surface area (Å²) in [6.07, 6.45) is -0.143. The van der Waals surface area contributed by atoms with Crippen LogP contribution in [0.5, 0.6) is 5.75 Å². The molecule has 2 rings (SSSR count). The van der Waals surface area contributed by atoms with Crippen molar-refractivity contribution in [2.45, 2.75) is 32.8 Å². The average Bonchev–Trinajstić information content (AvgIpc) is 2.83. The van der Waals surface area contributed by atoms with E-state index in [0.29, 0.717) is 43.6 Å². The van der Waals surface area contributed by atoms with Gasteiger partial charge in [-0.05, 0) is 38.5 Å². The lowest BCUT2D eigenvalue weighted by Crippen LogP contribution is -2.34. The highest BCUT2D eigenvalue weighted by Gasteiger charge is 2.20. The van der Waals surface area contributed by atoms with Gasteiger partial charge < -0.3 is 24.8 Å². The molecule has 1 heterocycles. The number of nitrogens with one attached hydrogen (secondary N) is 2. The van der Waals surface area contributed by atoms with Crippen molar-refractivity contribution in [3.63, 3.8) is 0 Å². The molecule has 2 amide bonds. The molecule has 0 bridgehead atoms. The maximum Gasteiger partial charge on any atom is 0.407 e. The van der Waals surface area contributed by atoms with Gasteiger partial charge in [0, 0.05) is 12.2 Å². The van der Waals surface area contributed by atoms with Gasteiger partial charge in [-0.15, -0.1) is 0 Å². The van der Waals surface area contributed by atoms with E-state index < -0.39 is 11.7 Å². The zero-order valence-electron chi connectivity index (χ0n) is 14.6. The van der Waals surface area contributed by atoms with Crippen LogP contribution >= 0.6 is 11.6 Å². The summed E-state index contributed by atoms with van der Waals surface area (Å²) in [6, 6.07) is 3.45. The topological polar surface area (TPSA) is 85.9 Å². The highest BCUT2D eigenvalue weighted by Crippen LogP contribution is 2.34. The first kappa shape index (κ1) is 19.3. The van der Waals surface area contributed by atoms with E-state index in [1.54, 1.807) is 32.9 Å². The van der Waals surface area contributed by atoms with Crippen LogP contribution in [0, 0.1) is 0 Å². The molecule has 0 aromatic heterocycles. The lowest BCUT2D eigenvalue weighted by Gasteiger charge is -2.19. The maximum absolute atomic E-state index is 11.4. The maximum atomic E-state index is 11.4. The lowest BCUT2D eigenvalue weighted by atomic mass is 10.1. The molecule has 8 heteroatoms. The summed E-state index contributed by atoms with van der Waals surface area (Å²) in [4.78, 5) is 22.8. The molecule has 2 N–H and O–H groups in total. The molecule has 0 spiro atoms. The third kappa shape index (κ3) is 6.43. The third-order valence-electron chi connectivity index (χ3n) is 3.18. The molecule has 0 saturated carbocycles. The second kappa shape index (κ2) is 8.40. The number of ether oxygens (including phenoxy) is 3. The number of rotatable bonds is 7. The number of amides is 2. The predicted octanol–water partition coefficient (Wildman–Crippen LogP) is 2.75. The number of carbonyl (C=O) groups excluding carboxylic acids is 2. The van der Waals surface area contributed by atoms with Crippen LogP contribution < -0.4 is 15.4 Å². The first-order chi connectivity index (χ1) is 11.7. The molecule has 1 aromatic carbocycles. The molecule has 1 aliphatic heterocycles. The molecule has 1 aromatic rings. The fourth-order valence-corrected chi connectivity index (χ4v) is 2.41. The minimum Gasteiger partial charge on any atom is -0.490 e. The van der Waals surface area contributed by atoms with Gasteiger partial charge in [-0.1, -0.05) is 11.6 Å². The Balaban J connectivity index is 1.62. The van der Waals surface area contributed by atoms with Crippen LogP contribution in [0.15, 0.2) is 12.1 Å². The normalized spacial score (nSPS) is 13.2. The fourth-order valence-electron chi connectivity index (χ4n) is 2.19. The monoisotopic (exact) mass is 370 g/mol. The van der Waals surface area contributed by atoms with Gasteiger partial charge in [-0.3, -0.25) is 4.79 Å². The Kier molecular flexibility index (Phi) is 6.50. The number of anilines is 1. The van der Waals surface area contributed by atoms with E-state index >= 15 is 0 Å². The SMILES string of the molecule is CC(C)(C)OC(=O)NCCOCCOc1cc2c(cc1Cl)NC(=O)C2. The minimum absolute atomic E-state index is 0.0518. The summed E-state index contributed by atoms with van der Waals surface area (Å²) >= 11 is 6.13. The van der Waals surface area contributed by atoms with Crippen LogP contribution in [0.1, 0.15) is 26.3 Å². The Bertz CT molecular complexity index is 643. The van der Waals surface area contributed by atoms with Gasteiger partial charge in [0.25, 0.3) is 0 Å². The zero-order valence-corrected chi connectivity index (χ0v) is 15.4. The molecule has 0 fully saturated rings. The molecule has 25 heavy (non-hydrogen) atoms. The van der Waals surface area contributed by atoms with Gasteiger partial charge in [0.1, 0.15) is 18.0 Å². The minimum atomic E-state index is -0.520. The summed E-state index contributed by atoms with van der Waals surface area (Å²) in [5.41, 5.74) is 1.08. The van der Waals surface area contributed by atoms with Gasteiger partial charge in [-0.25, -0.2) is 4.79 Å². The Hall–Kier alpha value is -1.99. The molecule has 7 nitrogen and oxygen atoms in total. The Morgan fingerprint density at radius 2 is 2.04 bits per heavy atom. The van der Waals surface area contributed by atoms with Crippen LogP contribution in [0.4, 0.5) is 10.5 Å². The number of alkyl carbamates (subject to hydrolysis) is 1. The van der Waals surface area contributed by atoms with Crippen molar-refractivity contribution in [1.82, 2.24) is 5.32 Å². The van der Waals surface area contributed by atoms with Crippen LogP contribution in [0.25, 0.3) is 0 Å². The van der Waals surface area contributed by atoms with Crippen molar-refractivity contribution < 1.29 is 23.8 Å². The molecule has 0 radical (unpaired) electrons. The molecular weight excluding hydrogens is 348 g/mol. The molecule has 1 aliphatic rings. The second-order valence-corrected chi connectivity index (χ2v) is 6.96. The smallest absolute Gasteiger partial charge is 0.407 e. The molecule has 0 unspecified atom stereocenters. The summed E-state index contributed by atoms with van der Waals surface area (Å²) < 4.78 is 16.1. The van der Waals surface area contributed by atoms with E-state index in [1.807, 2.05) is 0 Å². The van der Waals surface area contributed by atoms with E-state index in [2.05, 4.69) is 10.6 Å². The Morgan fingerprint density at radius 1 is 1.28 bits per heavy atom. The summed E-state index contributed by atoms with van der Waals surface area (Å²) in [7, 11) is 0. The van der Waals surface area contributed by atoms with Crippen molar-refractivity contribution in [2.75, 3.05) is 31.7 Å². The van der Waals surface area contributed by atoms with Gasteiger partial charge in [0.05, 0.1) is 24.7 Å². The molecule has 138 valence electrons. The van der Waals surface area contributed by atoms with E-state index in [9.17, 15) is 9.59 Å². The van der Waals surface area contributed by atoms with Crippen molar-refractivity contribution in [1.29, 1.82) is 0 Å². The van der Waals surface area contributed by atoms with Crippen molar-refractivity contribution >= 4 is 29.3 Å². The summed E-state index contributed by atoms with van der Waals surface area (Å²) in [5, 5.41) is 5.77. The second-order valence-electron chi connectivity index (χ2n) is 6.55. The summed E-state index contributed by atoms with van der Waals surface area (Å²) in [5.74, 6) is 0.469. The van der Waals surface area contributed by atoms with Crippen molar-refractivity contribution in [3.8, 4) is 5.75 Å². The van der Waals surface area contributed by atoms with Crippen molar-refractivity contribution in [2.24, 2.45) is 0 Å². The van der Waals surface area contributed by atoms with Crippen LogP contribution in [-0.4, -0.2) is 44.0 Å². The number of hydrogen-bond acceptors (Lipinski definition) is 5. The van der Waals surface area contributed by atoms with E-state index in [4.69, 9.17) is 25.8 Å². The van der Waals surface area contributed by atoms with Gasteiger partial charge in [0.15, 0.2) is 0 Å². The first-order valence-corrected chi connectivity index (χ1v) is 8.42. The van der Waals surface area contributed by atoms with Gasteiger partial charge in [0.2, 0.25) is 5.91 Å². The largest absolute Gasteiger partial charge is 0.490 e. The van der Waals surface area contributed by atoms with Crippen LogP contribution in [-0.2, 0) is 20.7 Å². The van der Waals surface area contributed by atoms with Gasteiger partial charge >= 0.3 is 6.09 Å². The number of benzene rings is 1. The Labute approximate surface area is 152 Å². The highest BCUT2D eigenvalue weighted by atomic mass is 35.5. The number of fused-ring (bicyclic) bond motifs is 1. The standard InChI is InChI=1S/C17H23ClN2O5/c1-17(2,3)25-16(22)19-4-5-23-6-7-24-14-8-11-9-15(21)20-13(11)10-12(14)18/h8,10H,4-7,9H2,1-3H3,(H,19,22)(H,20,21). The molecule has 0 atom stereocenters. The number of carbonyl (C=O) groups is 2. The number of halogens is 1. The van der Waals surface area contributed by atoms with E-state index in [1.165, 1.54) is 0 Å². The lowest BCUT2D eigenvalue weighted by molar-refractivity contribution is -0.115. The highest BCUT2D eigenvalue weighted by molar-refractivity contribution is 6.32. The van der Waals surface area contributed by atoms with Crippen LogP contribution in [0.2, 0.25) is 5.02 Å². The van der Waals surface area contributed by atoms with Crippen molar-refractivity contribution in [3.05, 3.63) is 22.7 Å². The Morgan fingerprint density at radius 3 is 2.76 bits per heavy atom. The molecule has 0 aliphatic carbocycles. The third-order valence-corrected chi connectivity index (χ3v) is 3.48. The first-order valence-electron chi connectivity index (χ1n) is 8.04. The fraction of sp³-hybridized carbons (Fsp3) is 0.529. The average molecular weight is 371 g/mol. The molecular formula is C17H23ClN2O5. The number of hydrogen-bond donors (Lipinski definition) is 2. The van der Waals surface area contributed by atoms with Crippen LogP contribution in [0.3, 0.4) is 0 Å². The quantitative estimate of drug-likeness (QED) is 0.721. The van der Waals surface area contributed by atoms with Gasteiger partial charge in [-0.2, -0.15) is 0 Å². The summed E-state index contributed by atoms with van der Waals surface area (Å²) in [6.45, 7) is 6.76. The van der Waals surface area contributed by atoms with E-state index in [0.717, 1.165) is 11.3 Å². The molecule has 0 saturated heterocycles.